The van der Waals surface area contributed by atoms with Gasteiger partial charge in [0, 0.05) is 26.1 Å². The van der Waals surface area contributed by atoms with E-state index in [2.05, 4.69) is 15.5 Å². The number of amides is 2. The molecule has 1 aromatic rings. The fourth-order valence-electron chi connectivity index (χ4n) is 2.41. The first-order chi connectivity index (χ1) is 9.95. The third kappa shape index (κ3) is 4.47. The fourth-order valence-corrected chi connectivity index (χ4v) is 3.06. The van der Waals surface area contributed by atoms with Crippen LogP contribution >= 0.6 is 11.3 Å². The Balaban J connectivity index is 1.92. The molecule has 2 amide bonds. The van der Waals surface area contributed by atoms with Gasteiger partial charge in [0.05, 0.1) is 12.5 Å². The predicted octanol–water partition coefficient (Wildman–Crippen LogP) is 0.0485. The number of nitrogens with two attached hydrogens (primary N) is 1. The molecule has 116 valence electrons. The van der Waals surface area contributed by atoms with Crippen LogP contribution in [0.25, 0.3) is 0 Å². The van der Waals surface area contributed by atoms with E-state index in [9.17, 15) is 9.59 Å². The number of aryl methyl sites for hydroxylation is 1. The number of carbonyl (C=O) groups is 2. The van der Waals surface area contributed by atoms with Crippen molar-refractivity contribution >= 4 is 23.2 Å². The molecule has 2 rings (SSSR count). The summed E-state index contributed by atoms with van der Waals surface area (Å²) in [6.45, 7) is 4.73. The van der Waals surface area contributed by atoms with Crippen molar-refractivity contribution in [3.8, 4) is 0 Å². The molecule has 0 bridgehead atoms. The molecule has 0 unspecified atom stereocenters. The summed E-state index contributed by atoms with van der Waals surface area (Å²) in [6.07, 6.45) is 1.45. The van der Waals surface area contributed by atoms with Crippen molar-refractivity contribution in [2.45, 2.75) is 39.3 Å². The molecule has 0 aliphatic carbocycles. The number of carbonyl (C=O) groups excluding carboxylic acids is 2. The molecular formula is C13H21N5O2S. The molecule has 7 nitrogen and oxygen atoms in total. The van der Waals surface area contributed by atoms with Crippen molar-refractivity contribution in [2.24, 2.45) is 11.7 Å². The standard InChI is InChI=1S/C13H21N5O2S/c1-8-16-17-12(21-8)5-15-13(20)10-3-4-11(14)7-18(6-10)9(2)19/h10-11H,3-7,14H2,1-2H3,(H,15,20)/t10-,11+/m1/s1. The van der Waals surface area contributed by atoms with Gasteiger partial charge >= 0.3 is 0 Å². The Morgan fingerprint density at radius 1 is 1.38 bits per heavy atom. The SMILES string of the molecule is CC(=O)N1C[C@@H](N)CC[C@@H](C(=O)NCc2nnc(C)s2)C1. The molecule has 0 radical (unpaired) electrons. The summed E-state index contributed by atoms with van der Waals surface area (Å²) in [5.74, 6) is -0.301. The third-order valence-corrected chi connectivity index (χ3v) is 4.42. The molecule has 0 aromatic carbocycles. The molecule has 1 aromatic heterocycles. The van der Waals surface area contributed by atoms with Gasteiger partial charge in [0.1, 0.15) is 10.0 Å². The minimum absolute atomic E-state index is 0.0371. The quantitative estimate of drug-likeness (QED) is 0.821. The highest BCUT2D eigenvalue weighted by Crippen LogP contribution is 2.17. The topological polar surface area (TPSA) is 101 Å². The lowest BCUT2D eigenvalue weighted by atomic mass is 10.0. The van der Waals surface area contributed by atoms with Gasteiger partial charge in [-0.15, -0.1) is 10.2 Å². The van der Waals surface area contributed by atoms with Gasteiger partial charge in [-0.25, -0.2) is 0 Å². The van der Waals surface area contributed by atoms with E-state index in [-0.39, 0.29) is 23.8 Å². The molecule has 0 saturated carbocycles. The van der Waals surface area contributed by atoms with Gasteiger partial charge in [-0.1, -0.05) is 11.3 Å². The summed E-state index contributed by atoms with van der Waals surface area (Å²) >= 11 is 1.46. The average molecular weight is 311 g/mol. The van der Waals surface area contributed by atoms with Crippen LogP contribution < -0.4 is 11.1 Å². The minimum atomic E-state index is -0.212. The first-order valence-corrected chi connectivity index (χ1v) is 7.85. The summed E-state index contributed by atoms with van der Waals surface area (Å²) < 4.78 is 0. The maximum absolute atomic E-state index is 12.3. The number of likely N-dealkylation sites (tertiary alicyclic amines) is 1. The second kappa shape index (κ2) is 6.95. The Bertz CT molecular complexity index is 518. The van der Waals surface area contributed by atoms with Gasteiger partial charge in [0.25, 0.3) is 0 Å². The molecular weight excluding hydrogens is 290 g/mol. The third-order valence-electron chi connectivity index (χ3n) is 3.58. The largest absolute Gasteiger partial charge is 0.349 e. The summed E-state index contributed by atoms with van der Waals surface area (Å²) in [5.41, 5.74) is 5.95. The Labute approximate surface area is 127 Å². The Kier molecular flexibility index (Phi) is 5.24. The molecule has 1 saturated heterocycles. The maximum atomic E-state index is 12.3. The van der Waals surface area contributed by atoms with Crippen LogP contribution in [0.15, 0.2) is 0 Å². The first-order valence-electron chi connectivity index (χ1n) is 7.03. The first kappa shape index (κ1) is 15.8. The zero-order valence-electron chi connectivity index (χ0n) is 12.3. The zero-order valence-corrected chi connectivity index (χ0v) is 13.2. The number of nitrogens with one attached hydrogen (secondary N) is 1. The van der Waals surface area contributed by atoms with Gasteiger partial charge in [-0.2, -0.15) is 0 Å². The summed E-state index contributed by atoms with van der Waals surface area (Å²) in [5, 5.41) is 12.4. The van der Waals surface area contributed by atoms with E-state index in [1.54, 1.807) is 4.90 Å². The predicted molar refractivity (Wildman–Crippen MR) is 79.4 cm³/mol. The second-order valence-electron chi connectivity index (χ2n) is 5.39. The van der Waals surface area contributed by atoms with Gasteiger partial charge < -0.3 is 16.0 Å². The molecule has 1 aliphatic rings. The number of hydrogen-bond acceptors (Lipinski definition) is 6. The normalized spacial score (nSPS) is 22.7. The fraction of sp³-hybridized carbons (Fsp3) is 0.692. The molecule has 8 heteroatoms. The van der Waals surface area contributed by atoms with Gasteiger partial charge in [0.2, 0.25) is 11.8 Å². The van der Waals surface area contributed by atoms with Gasteiger partial charge in [-0.05, 0) is 19.8 Å². The highest BCUT2D eigenvalue weighted by atomic mass is 32.1. The Morgan fingerprint density at radius 2 is 2.14 bits per heavy atom. The maximum Gasteiger partial charge on any atom is 0.225 e. The van der Waals surface area contributed by atoms with Crippen molar-refractivity contribution in [2.75, 3.05) is 13.1 Å². The molecule has 1 fully saturated rings. The number of rotatable bonds is 3. The van der Waals surface area contributed by atoms with Gasteiger partial charge in [0.15, 0.2) is 0 Å². The summed E-state index contributed by atoms with van der Waals surface area (Å²) in [7, 11) is 0. The van der Waals surface area contributed by atoms with E-state index in [1.807, 2.05) is 6.92 Å². The van der Waals surface area contributed by atoms with Crippen molar-refractivity contribution < 1.29 is 9.59 Å². The minimum Gasteiger partial charge on any atom is -0.349 e. The summed E-state index contributed by atoms with van der Waals surface area (Å²) in [4.78, 5) is 25.5. The van der Waals surface area contributed by atoms with E-state index < -0.39 is 0 Å². The van der Waals surface area contributed by atoms with E-state index in [1.165, 1.54) is 18.3 Å². The van der Waals surface area contributed by atoms with Crippen molar-refractivity contribution in [3.05, 3.63) is 10.0 Å². The number of aromatic nitrogens is 2. The van der Waals surface area contributed by atoms with Crippen LogP contribution in [0.5, 0.6) is 0 Å². The van der Waals surface area contributed by atoms with E-state index in [4.69, 9.17) is 5.73 Å². The Hall–Kier alpha value is -1.54. The monoisotopic (exact) mass is 311 g/mol. The van der Waals surface area contributed by atoms with E-state index >= 15 is 0 Å². The van der Waals surface area contributed by atoms with Crippen molar-refractivity contribution in [1.82, 2.24) is 20.4 Å². The highest BCUT2D eigenvalue weighted by molar-refractivity contribution is 7.11. The molecule has 2 heterocycles. The van der Waals surface area contributed by atoms with Crippen LogP contribution in [-0.4, -0.2) is 46.0 Å². The lowest BCUT2D eigenvalue weighted by Gasteiger charge is -2.23. The van der Waals surface area contributed by atoms with Crippen LogP contribution in [0.1, 0.15) is 29.8 Å². The highest BCUT2D eigenvalue weighted by Gasteiger charge is 2.28. The average Bonchev–Trinajstić information content (AvgIpc) is 2.73. The molecule has 1 aliphatic heterocycles. The second-order valence-corrected chi connectivity index (χ2v) is 6.66. The van der Waals surface area contributed by atoms with E-state index in [0.717, 1.165) is 16.4 Å². The van der Waals surface area contributed by atoms with Crippen LogP contribution in [0.4, 0.5) is 0 Å². The lowest BCUT2D eigenvalue weighted by molar-refractivity contribution is -0.131. The lowest BCUT2D eigenvalue weighted by Crippen LogP contribution is -2.42. The van der Waals surface area contributed by atoms with Gasteiger partial charge in [-0.3, -0.25) is 9.59 Å². The molecule has 21 heavy (non-hydrogen) atoms. The zero-order chi connectivity index (χ0) is 15.4. The molecule has 0 spiro atoms. The van der Waals surface area contributed by atoms with Crippen LogP contribution in [0.3, 0.4) is 0 Å². The van der Waals surface area contributed by atoms with Crippen LogP contribution in [-0.2, 0) is 16.1 Å². The van der Waals surface area contributed by atoms with Crippen molar-refractivity contribution in [1.29, 1.82) is 0 Å². The Morgan fingerprint density at radius 3 is 2.76 bits per heavy atom. The smallest absolute Gasteiger partial charge is 0.225 e. The van der Waals surface area contributed by atoms with Crippen molar-refractivity contribution in [3.63, 3.8) is 0 Å². The molecule has 2 atom stereocenters. The number of hydrogen-bond donors (Lipinski definition) is 2. The van der Waals surface area contributed by atoms with Crippen LogP contribution in [0.2, 0.25) is 0 Å². The number of nitrogens with zero attached hydrogens (tertiary/aromatic N) is 3. The summed E-state index contributed by atoms with van der Waals surface area (Å²) in [6, 6.07) is -0.0579. The van der Waals surface area contributed by atoms with E-state index in [0.29, 0.717) is 26.1 Å². The van der Waals surface area contributed by atoms with Crippen LogP contribution in [0, 0.1) is 12.8 Å². The molecule has 3 N–H and O–H groups in total.